The normalized spacial score (nSPS) is 10.8. The van der Waals surface area contributed by atoms with Gasteiger partial charge in [0, 0.05) is 19.7 Å². The van der Waals surface area contributed by atoms with Crippen LogP contribution in [0.4, 0.5) is 4.39 Å². The molecule has 0 atom stereocenters. The molecule has 0 saturated heterocycles. The Morgan fingerprint density at radius 3 is 2.58 bits per heavy atom. The van der Waals surface area contributed by atoms with Crippen LogP contribution >= 0.6 is 0 Å². The van der Waals surface area contributed by atoms with Crippen LogP contribution < -0.4 is 9.47 Å². The van der Waals surface area contributed by atoms with Gasteiger partial charge in [-0.15, -0.1) is 0 Å². The quantitative estimate of drug-likeness (QED) is 0.589. The van der Waals surface area contributed by atoms with Crippen LogP contribution in [0, 0.1) is 17.1 Å². The van der Waals surface area contributed by atoms with Gasteiger partial charge in [-0.25, -0.2) is 4.39 Å². The van der Waals surface area contributed by atoms with E-state index < -0.39 is 0 Å². The molecule has 0 fully saturated rings. The summed E-state index contributed by atoms with van der Waals surface area (Å²) in [6, 6.07) is 13.3. The molecule has 5 nitrogen and oxygen atoms in total. The summed E-state index contributed by atoms with van der Waals surface area (Å²) in [5, 5.41) is 9.17. The summed E-state index contributed by atoms with van der Waals surface area (Å²) in [7, 11) is 4.64. The Bertz CT molecular complexity index is 870. The molecule has 134 valence electrons. The number of nitriles is 1. The van der Waals surface area contributed by atoms with E-state index in [2.05, 4.69) is 0 Å². The predicted octanol–water partition coefficient (Wildman–Crippen LogP) is 3.41. The van der Waals surface area contributed by atoms with Crippen LogP contribution in [0.5, 0.6) is 11.5 Å². The smallest absolute Gasteiger partial charge is 0.264 e. The number of hydrogen-bond acceptors (Lipinski definition) is 4. The molecular weight excluding hydrogens is 335 g/mol. The van der Waals surface area contributed by atoms with E-state index in [1.54, 1.807) is 50.5 Å². The Hall–Kier alpha value is -3.33. The second kappa shape index (κ2) is 8.67. The van der Waals surface area contributed by atoms with Crippen molar-refractivity contribution in [2.45, 2.75) is 6.61 Å². The van der Waals surface area contributed by atoms with Crippen molar-refractivity contribution in [3.8, 4) is 17.6 Å². The maximum absolute atomic E-state index is 13.7. The molecule has 2 aromatic carbocycles. The van der Waals surface area contributed by atoms with Gasteiger partial charge < -0.3 is 14.4 Å². The first-order chi connectivity index (χ1) is 12.5. The molecule has 0 aliphatic rings. The van der Waals surface area contributed by atoms with Crippen LogP contribution in [-0.2, 0) is 11.4 Å². The van der Waals surface area contributed by atoms with E-state index in [1.165, 1.54) is 24.2 Å². The summed E-state index contributed by atoms with van der Waals surface area (Å²) in [4.78, 5) is 13.3. The van der Waals surface area contributed by atoms with Crippen molar-refractivity contribution in [2.75, 3.05) is 21.2 Å². The predicted molar refractivity (Wildman–Crippen MR) is 96.0 cm³/mol. The minimum Gasteiger partial charge on any atom is -0.493 e. The van der Waals surface area contributed by atoms with Crippen molar-refractivity contribution in [3.63, 3.8) is 0 Å². The number of ether oxygens (including phenoxy) is 2. The maximum Gasteiger partial charge on any atom is 0.264 e. The molecule has 2 aromatic rings. The number of benzene rings is 2. The Morgan fingerprint density at radius 2 is 1.96 bits per heavy atom. The van der Waals surface area contributed by atoms with E-state index in [1.807, 2.05) is 6.07 Å². The fourth-order valence-corrected chi connectivity index (χ4v) is 2.21. The highest BCUT2D eigenvalue weighted by molar-refractivity contribution is 6.01. The number of likely N-dealkylation sites (N-methyl/N-ethyl adjacent to an activating group) is 1. The van der Waals surface area contributed by atoms with Gasteiger partial charge in [0.05, 0.1) is 7.11 Å². The highest BCUT2D eigenvalue weighted by atomic mass is 19.1. The van der Waals surface area contributed by atoms with Crippen molar-refractivity contribution in [2.24, 2.45) is 0 Å². The summed E-state index contributed by atoms with van der Waals surface area (Å²) in [6.07, 6.45) is 1.48. The summed E-state index contributed by atoms with van der Waals surface area (Å²) in [6.45, 7) is 0.0563. The first-order valence-corrected chi connectivity index (χ1v) is 7.84. The zero-order valence-corrected chi connectivity index (χ0v) is 14.8. The Labute approximate surface area is 151 Å². The highest BCUT2D eigenvalue weighted by Crippen LogP contribution is 2.30. The summed E-state index contributed by atoms with van der Waals surface area (Å²) in [5.41, 5.74) is 1.06. The number of carbonyl (C=O) groups excluding carboxylic acids is 1. The molecule has 1 amide bonds. The van der Waals surface area contributed by atoms with Crippen LogP contribution in [0.15, 0.2) is 48.0 Å². The summed E-state index contributed by atoms with van der Waals surface area (Å²) in [5.74, 6) is 0.133. The van der Waals surface area contributed by atoms with Crippen LogP contribution in [-0.4, -0.2) is 32.0 Å². The lowest BCUT2D eigenvalue weighted by Crippen LogP contribution is -2.22. The number of hydrogen-bond donors (Lipinski definition) is 0. The Kier molecular flexibility index (Phi) is 6.34. The van der Waals surface area contributed by atoms with Crippen LogP contribution in [0.2, 0.25) is 0 Å². The van der Waals surface area contributed by atoms with E-state index in [4.69, 9.17) is 14.7 Å². The third kappa shape index (κ3) is 4.61. The maximum atomic E-state index is 13.7. The van der Waals surface area contributed by atoms with Gasteiger partial charge in [0.2, 0.25) is 0 Å². The SMILES string of the molecule is COc1cc(/C=C(/C#N)C(=O)N(C)C)ccc1OCc1ccccc1F. The zero-order valence-electron chi connectivity index (χ0n) is 14.8. The van der Waals surface area contributed by atoms with E-state index in [0.29, 0.717) is 22.6 Å². The summed E-state index contributed by atoms with van der Waals surface area (Å²) >= 11 is 0. The van der Waals surface area contributed by atoms with Gasteiger partial charge in [-0.2, -0.15) is 5.26 Å². The average Bonchev–Trinajstić information content (AvgIpc) is 2.65. The molecule has 0 bridgehead atoms. The minimum absolute atomic E-state index is 0.0112. The fraction of sp³-hybridized carbons (Fsp3) is 0.200. The van der Waals surface area contributed by atoms with Gasteiger partial charge in [-0.1, -0.05) is 24.3 Å². The van der Waals surface area contributed by atoms with Crippen LogP contribution in [0.25, 0.3) is 6.08 Å². The Balaban J connectivity index is 2.23. The van der Waals surface area contributed by atoms with E-state index in [-0.39, 0.29) is 23.9 Å². The van der Waals surface area contributed by atoms with Gasteiger partial charge in [-0.05, 0) is 29.8 Å². The van der Waals surface area contributed by atoms with Gasteiger partial charge in [-0.3, -0.25) is 4.79 Å². The number of methoxy groups -OCH3 is 1. The minimum atomic E-state index is -0.383. The Morgan fingerprint density at radius 1 is 1.23 bits per heavy atom. The third-order valence-corrected chi connectivity index (χ3v) is 3.60. The van der Waals surface area contributed by atoms with Gasteiger partial charge in [0.15, 0.2) is 11.5 Å². The topological polar surface area (TPSA) is 62.6 Å². The average molecular weight is 354 g/mol. The monoisotopic (exact) mass is 354 g/mol. The number of amides is 1. The van der Waals surface area contributed by atoms with Crippen molar-refractivity contribution in [1.82, 2.24) is 4.90 Å². The van der Waals surface area contributed by atoms with Gasteiger partial charge in [0.1, 0.15) is 24.1 Å². The van der Waals surface area contributed by atoms with Gasteiger partial charge >= 0.3 is 0 Å². The van der Waals surface area contributed by atoms with Gasteiger partial charge in [0.25, 0.3) is 5.91 Å². The fourth-order valence-electron chi connectivity index (χ4n) is 2.21. The molecule has 0 radical (unpaired) electrons. The first kappa shape index (κ1) is 19.0. The van der Waals surface area contributed by atoms with Crippen molar-refractivity contribution < 1.29 is 18.7 Å². The zero-order chi connectivity index (χ0) is 19.1. The molecule has 0 aromatic heterocycles. The lowest BCUT2D eigenvalue weighted by Gasteiger charge is -2.12. The largest absolute Gasteiger partial charge is 0.493 e. The molecule has 2 rings (SSSR count). The standard InChI is InChI=1S/C20H19FN2O3/c1-23(2)20(24)16(12-22)10-14-8-9-18(19(11-14)25-3)26-13-15-6-4-5-7-17(15)21/h4-11H,13H2,1-3H3/b16-10-. The third-order valence-electron chi connectivity index (χ3n) is 3.60. The van der Waals surface area contributed by atoms with Crippen molar-refractivity contribution in [1.29, 1.82) is 5.26 Å². The van der Waals surface area contributed by atoms with E-state index in [9.17, 15) is 9.18 Å². The lowest BCUT2D eigenvalue weighted by atomic mass is 10.1. The van der Waals surface area contributed by atoms with Crippen LogP contribution in [0.1, 0.15) is 11.1 Å². The molecule has 0 spiro atoms. The van der Waals surface area contributed by atoms with E-state index >= 15 is 0 Å². The molecule has 0 heterocycles. The number of nitrogens with zero attached hydrogens (tertiary/aromatic N) is 2. The summed E-state index contributed by atoms with van der Waals surface area (Å²) < 4.78 is 24.6. The lowest BCUT2D eigenvalue weighted by molar-refractivity contribution is -0.124. The van der Waals surface area contributed by atoms with E-state index in [0.717, 1.165) is 0 Å². The molecule has 6 heteroatoms. The molecule has 26 heavy (non-hydrogen) atoms. The molecule has 0 N–H and O–H groups in total. The number of halogens is 1. The molecule has 0 unspecified atom stereocenters. The number of carbonyl (C=O) groups is 1. The molecule has 0 saturated carbocycles. The highest BCUT2D eigenvalue weighted by Gasteiger charge is 2.12. The second-order valence-corrected chi connectivity index (χ2v) is 5.66. The van der Waals surface area contributed by atoms with Crippen LogP contribution in [0.3, 0.4) is 0 Å². The first-order valence-electron chi connectivity index (χ1n) is 7.84. The molecular formula is C20H19FN2O3. The van der Waals surface area contributed by atoms with Crippen molar-refractivity contribution >= 4 is 12.0 Å². The molecule has 0 aliphatic heterocycles. The second-order valence-electron chi connectivity index (χ2n) is 5.66. The molecule has 0 aliphatic carbocycles. The van der Waals surface area contributed by atoms with Crippen molar-refractivity contribution in [3.05, 3.63) is 65.0 Å². The number of rotatable bonds is 6.